The van der Waals surface area contributed by atoms with E-state index >= 15 is 0 Å². The van der Waals surface area contributed by atoms with Crippen molar-refractivity contribution < 1.29 is 14.3 Å². The van der Waals surface area contributed by atoms with Crippen LogP contribution < -0.4 is 5.73 Å². The zero-order valence-electron chi connectivity index (χ0n) is 9.31. The highest BCUT2D eigenvalue weighted by Gasteiger charge is 1.86. The van der Waals surface area contributed by atoms with E-state index in [-0.39, 0.29) is 5.97 Å². The van der Waals surface area contributed by atoms with Crippen LogP contribution in [-0.4, -0.2) is 18.5 Å². The Balaban J connectivity index is -0.000000166. The summed E-state index contributed by atoms with van der Waals surface area (Å²) in [6, 6.07) is 1.69. The molecule has 5 nitrogen and oxygen atoms in total. The van der Waals surface area contributed by atoms with Crippen LogP contribution in [0.4, 0.5) is 0 Å². The molecule has 5 heteroatoms. The third-order valence-corrected chi connectivity index (χ3v) is 0.746. The average molecular weight is 224 g/mol. The van der Waals surface area contributed by atoms with E-state index in [1.54, 1.807) is 13.0 Å². The van der Waals surface area contributed by atoms with Crippen LogP contribution in [0.1, 0.15) is 6.92 Å². The molecule has 0 aliphatic rings. The molecular weight excluding hydrogens is 208 g/mol. The number of hydrogen-bond acceptors (Lipinski definition) is 4. The summed E-state index contributed by atoms with van der Waals surface area (Å²) < 4.78 is 4.43. The summed E-state index contributed by atoms with van der Waals surface area (Å²) in [5, 5.41) is 7.51. The van der Waals surface area contributed by atoms with Crippen LogP contribution in [0.3, 0.4) is 0 Å². The average Bonchev–Trinajstić information content (AvgIpc) is 2.30. The van der Waals surface area contributed by atoms with Gasteiger partial charge >= 0.3 is 5.97 Å². The SMILES string of the molecule is C=CC#N.C=CC(=O)OCC.C=CC(N)=O. The van der Waals surface area contributed by atoms with Crippen molar-refractivity contribution in [2.45, 2.75) is 6.92 Å². The normalized spacial score (nSPS) is 6.25. The molecule has 0 atom stereocenters. The molecule has 0 aliphatic carbocycles. The van der Waals surface area contributed by atoms with Crippen LogP contribution in [0.15, 0.2) is 38.0 Å². The van der Waals surface area contributed by atoms with Crippen LogP contribution in [0, 0.1) is 11.3 Å². The number of nitriles is 1. The molecule has 0 heterocycles. The molecule has 0 saturated carbocycles. The van der Waals surface area contributed by atoms with Crippen molar-refractivity contribution in [1.29, 1.82) is 5.26 Å². The van der Waals surface area contributed by atoms with Crippen molar-refractivity contribution in [2.24, 2.45) is 5.73 Å². The summed E-state index contributed by atoms with van der Waals surface area (Å²) in [6.45, 7) is 11.6. The number of esters is 1. The van der Waals surface area contributed by atoms with Gasteiger partial charge in [0.15, 0.2) is 0 Å². The third-order valence-electron chi connectivity index (χ3n) is 0.746. The number of ether oxygens (including phenoxy) is 1. The van der Waals surface area contributed by atoms with Crippen molar-refractivity contribution in [1.82, 2.24) is 0 Å². The summed E-state index contributed by atoms with van der Waals surface area (Å²) >= 11 is 0. The van der Waals surface area contributed by atoms with E-state index in [2.05, 4.69) is 30.2 Å². The zero-order valence-corrected chi connectivity index (χ0v) is 9.31. The second-order valence-electron chi connectivity index (χ2n) is 1.90. The summed E-state index contributed by atoms with van der Waals surface area (Å²) in [5.74, 6) is -0.840. The van der Waals surface area contributed by atoms with Crippen molar-refractivity contribution in [3.05, 3.63) is 38.0 Å². The summed E-state index contributed by atoms with van der Waals surface area (Å²) in [6.07, 6.45) is 3.38. The number of nitrogens with two attached hydrogens (primary N) is 1. The molecule has 0 saturated heterocycles. The minimum absolute atomic E-state index is 0.359. The standard InChI is InChI=1S/C5H8O2.C3H5NO.C3H3N/c1-3-5(6)7-4-2;1-2-3(4)5;1-2-3-4/h3H,1,4H2,2H3;2H,1H2,(H2,4,5);2H,1H2. The fourth-order valence-electron chi connectivity index (χ4n) is 0.201. The topological polar surface area (TPSA) is 93.2 Å². The van der Waals surface area contributed by atoms with Crippen molar-refractivity contribution >= 4 is 11.9 Å². The number of carbonyl (C=O) groups excluding carboxylic acids is 2. The minimum Gasteiger partial charge on any atom is -0.463 e. The highest BCUT2D eigenvalue weighted by Crippen LogP contribution is 1.74. The smallest absolute Gasteiger partial charge is 0.330 e. The number of carbonyl (C=O) groups is 2. The predicted octanol–water partition coefficient (Wildman–Crippen LogP) is 1.09. The molecule has 0 fully saturated rings. The molecular formula is C11H16N2O3. The fraction of sp³-hybridized carbons (Fsp3) is 0.182. The minimum atomic E-state index is -0.481. The lowest BCUT2D eigenvalue weighted by molar-refractivity contribution is -0.137. The van der Waals surface area contributed by atoms with Crippen LogP contribution in [0.5, 0.6) is 0 Å². The maximum Gasteiger partial charge on any atom is 0.330 e. The number of rotatable bonds is 3. The Morgan fingerprint density at radius 2 is 1.75 bits per heavy atom. The van der Waals surface area contributed by atoms with Gasteiger partial charge in [0.1, 0.15) is 0 Å². The Hall–Kier alpha value is -2.35. The molecule has 0 unspecified atom stereocenters. The van der Waals surface area contributed by atoms with Gasteiger partial charge in [0.2, 0.25) is 5.91 Å². The van der Waals surface area contributed by atoms with E-state index in [0.29, 0.717) is 6.61 Å². The van der Waals surface area contributed by atoms with Crippen molar-refractivity contribution in [3.8, 4) is 6.07 Å². The molecule has 0 bridgehead atoms. The first-order valence-electron chi connectivity index (χ1n) is 4.21. The lowest BCUT2D eigenvalue weighted by atomic mass is 10.6. The number of amides is 1. The van der Waals surface area contributed by atoms with E-state index in [9.17, 15) is 9.59 Å². The monoisotopic (exact) mass is 224 g/mol. The molecule has 88 valence electrons. The van der Waals surface area contributed by atoms with E-state index in [0.717, 1.165) is 12.2 Å². The molecule has 0 radical (unpaired) electrons. The fourth-order valence-corrected chi connectivity index (χ4v) is 0.201. The van der Waals surface area contributed by atoms with E-state index in [1.165, 1.54) is 6.08 Å². The zero-order chi connectivity index (χ0) is 13.4. The molecule has 0 aromatic rings. The van der Waals surface area contributed by atoms with Gasteiger partial charge in [-0.15, -0.1) is 0 Å². The van der Waals surface area contributed by atoms with Crippen LogP contribution in [-0.2, 0) is 14.3 Å². The Morgan fingerprint density at radius 3 is 1.81 bits per heavy atom. The lowest BCUT2D eigenvalue weighted by Crippen LogP contribution is -2.04. The Morgan fingerprint density at radius 1 is 1.38 bits per heavy atom. The molecule has 0 aromatic carbocycles. The van der Waals surface area contributed by atoms with Gasteiger partial charge in [0, 0.05) is 12.2 Å². The molecule has 0 aliphatic heterocycles. The maximum atomic E-state index is 10.1. The van der Waals surface area contributed by atoms with E-state index < -0.39 is 5.91 Å². The van der Waals surface area contributed by atoms with E-state index in [4.69, 9.17) is 5.26 Å². The van der Waals surface area contributed by atoms with Gasteiger partial charge in [-0.05, 0) is 13.0 Å². The Labute approximate surface area is 95.5 Å². The second-order valence-corrected chi connectivity index (χ2v) is 1.90. The predicted molar refractivity (Wildman–Crippen MR) is 62.0 cm³/mol. The first-order valence-corrected chi connectivity index (χ1v) is 4.21. The molecule has 0 aromatic heterocycles. The summed E-state index contributed by atoms with van der Waals surface area (Å²) in [4.78, 5) is 19.5. The highest BCUT2D eigenvalue weighted by atomic mass is 16.5. The number of primary amides is 1. The second kappa shape index (κ2) is 18.4. The van der Waals surface area contributed by atoms with Crippen molar-refractivity contribution in [3.63, 3.8) is 0 Å². The number of hydrogen-bond donors (Lipinski definition) is 1. The van der Waals surface area contributed by atoms with Gasteiger partial charge < -0.3 is 10.5 Å². The Kier molecular flexibility index (Phi) is 22.2. The van der Waals surface area contributed by atoms with Gasteiger partial charge in [0.05, 0.1) is 12.7 Å². The first kappa shape index (κ1) is 19.3. The number of nitrogens with zero attached hydrogens (tertiary/aromatic N) is 1. The molecule has 1 amide bonds. The molecule has 2 N–H and O–H groups in total. The van der Waals surface area contributed by atoms with Gasteiger partial charge in [0.25, 0.3) is 0 Å². The summed E-state index contributed by atoms with van der Waals surface area (Å²) in [5.41, 5.74) is 4.53. The van der Waals surface area contributed by atoms with Gasteiger partial charge in [-0.25, -0.2) is 4.79 Å². The number of allylic oxidation sites excluding steroid dienone is 1. The van der Waals surface area contributed by atoms with Crippen molar-refractivity contribution in [2.75, 3.05) is 6.61 Å². The van der Waals surface area contributed by atoms with Crippen LogP contribution in [0.25, 0.3) is 0 Å². The summed E-state index contributed by atoms with van der Waals surface area (Å²) in [7, 11) is 0. The quantitative estimate of drug-likeness (QED) is 0.441. The maximum absolute atomic E-state index is 10.1. The largest absolute Gasteiger partial charge is 0.463 e. The molecule has 16 heavy (non-hydrogen) atoms. The molecule has 0 rings (SSSR count). The highest BCUT2D eigenvalue weighted by molar-refractivity contribution is 5.85. The Bertz CT molecular complexity index is 277. The first-order chi connectivity index (χ1) is 7.49. The van der Waals surface area contributed by atoms with Gasteiger partial charge in [-0.2, -0.15) is 5.26 Å². The van der Waals surface area contributed by atoms with Gasteiger partial charge in [-0.1, -0.05) is 19.7 Å². The van der Waals surface area contributed by atoms with Gasteiger partial charge in [-0.3, -0.25) is 4.79 Å². The molecule has 0 spiro atoms. The third kappa shape index (κ3) is 41.4. The van der Waals surface area contributed by atoms with Crippen LogP contribution in [0.2, 0.25) is 0 Å². The lowest BCUT2D eigenvalue weighted by Gasteiger charge is -1.90. The van der Waals surface area contributed by atoms with Crippen LogP contribution >= 0.6 is 0 Å². The van der Waals surface area contributed by atoms with E-state index in [1.807, 2.05) is 0 Å².